The second kappa shape index (κ2) is 6.72. The van der Waals surface area contributed by atoms with E-state index in [-0.39, 0.29) is 0 Å². The molecule has 0 fully saturated rings. The maximum atomic E-state index is 9.77. The third kappa shape index (κ3) is 3.71. The fourth-order valence-electron chi connectivity index (χ4n) is 1.81. The Hall–Kier alpha value is -1.59. The molecule has 2 rings (SSSR count). The van der Waals surface area contributed by atoms with Crippen molar-refractivity contribution in [3.63, 3.8) is 0 Å². The summed E-state index contributed by atoms with van der Waals surface area (Å²) in [6.45, 7) is 2.08. The van der Waals surface area contributed by atoms with Gasteiger partial charge in [-0.2, -0.15) is 0 Å². The number of benzene rings is 1. The Morgan fingerprint density at radius 1 is 1.30 bits per heavy atom. The van der Waals surface area contributed by atoms with E-state index in [1.807, 2.05) is 6.07 Å². The minimum absolute atomic E-state index is 0.374. The van der Waals surface area contributed by atoms with Crippen LogP contribution in [-0.2, 0) is 6.61 Å². The Morgan fingerprint density at radius 2 is 2.10 bits per heavy atom. The summed E-state index contributed by atoms with van der Waals surface area (Å²) in [7, 11) is 1.60. The Balaban J connectivity index is 2.19. The fourth-order valence-corrected chi connectivity index (χ4v) is 2.22. The Morgan fingerprint density at radius 3 is 2.75 bits per heavy atom. The van der Waals surface area contributed by atoms with Gasteiger partial charge in [-0.15, -0.1) is 0 Å². The number of halogens is 1. The summed E-state index contributed by atoms with van der Waals surface area (Å²) in [5.74, 6) is 1.30. The highest BCUT2D eigenvalue weighted by molar-refractivity contribution is 9.10. The van der Waals surface area contributed by atoms with Gasteiger partial charge >= 0.3 is 0 Å². The zero-order valence-electron chi connectivity index (χ0n) is 11.3. The molecule has 0 bridgehead atoms. The molecule has 0 aliphatic heterocycles. The molecular weight excluding hydrogens is 322 g/mol. The van der Waals surface area contributed by atoms with Crippen molar-refractivity contribution in [2.24, 2.45) is 0 Å². The zero-order valence-corrected chi connectivity index (χ0v) is 12.9. The topological polar surface area (TPSA) is 51.6 Å². The summed E-state index contributed by atoms with van der Waals surface area (Å²) in [5, 5.41) is 9.77. The van der Waals surface area contributed by atoms with E-state index in [1.54, 1.807) is 44.6 Å². The molecule has 20 heavy (non-hydrogen) atoms. The number of aromatic nitrogens is 1. The van der Waals surface area contributed by atoms with E-state index in [9.17, 15) is 5.11 Å². The first-order chi connectivity index (χ1) is 9.60. The number of ether oxygens (including phenoxy) is 2. The first kappa shape index (κ1) is 14.8. The number of aliphatic hydroxyl groups is 1. The van der Waals surface area contributed by atoms with E-state index in [0.29, 0.717) is 18.1 Å². The second-order valence-electron chi connectivity index (χ2n) is 4.38. The minimum Gasteiger partial charge on any atom is -0.497 e. The molecule has 0 amide bonds. The van der Waals surface area contributed by atoms with Crippen molar-refractivity contribution in [1.82, 2.24) is 4.98 Å². The number of rotatable bonds is 5. The molecule has 1 aromatic heterocycles. The van der Waals surface area contributed by atoms with Crippen LogP contribution in [0, 0.1) is 0 Å². The average molecular weight is 338 g/mol. The summed E-state index contributed by atoms with van der Waals surface area (Å²) in [4.78, 5) is 4.09. The number of aliphatic hydroxyl groups excluding tert-OH is 1. The van der Waals surface area contributed by atoms with E-state index in [1.165, 1.54) is 0 Å². The summed E-state index contributed by atoms with van der Waals surface area (Å²) >= 11 is 3.37. The molecule has 1 atom stereocenters. The molecule has 1 N–H and O–H groups in total. The minimum atomic E-state index is -0.600. The number of nitrogens with zero attached hydrogens (tertiary/aromatic N) is 1. The molecule has 0 aliphatic carbocycles. The zero-order chi connectivity index (χ0) is 14.5. The third-order valence-electron chi connectivity index (χ3n) is 2.83. The quantitative estimate of drug-likeness (QED) is 0.907. The van der Waals surface area contributed by atoms with Gasteiger partial charge in [-0.25, -0.2) is 0 Å². The van der Waals surface area contributed by atoms with Crippen LogP contribution in [0.25, 0.3) is 0 Å². The predicted molar refractivity (Wildman–Crippen MR) is 79.9 cm³/mol. The van der Waals surface area contributed by atoms with Gasteiger partial charge in [-0.1, -0.05) is 0 Å². The molecule has 0 spiro atoms. The highest BCUT2D eigenvalue weighted by atomic mass is 79.9. The molecular formula is C15H16BrNO3. The average Bonchev–Trinajstić information content (AvgIpc) is 2.44. The van der Waals surface area contributed by atoms with Crippen molar-refractivity contribution in [3.05, 3.63) is 52.3 Å². The van der Waals surface area contributed by atoms with E-state index < -0.39 is 6.10 Å². The first-order valence-corrected chi connectivity index (χ1v) is 6.97. The van der Waals surface area contributed by atoms with Crippen molar-refractivity contribution in [3.8, 4) is 11.5 Å². The molecule has 0 radical (unpaired) electrons. The van der Waals surface area contributed by atoms with Crippen LogP contribution in [-0.4, -0.2) is 17.2 Å². The predicted octanol–water partition coefficient (Wildman–Crippen LogP) is 3.49. The molecule has 1 heterocycles. The first-order valence-electron chi connectivity index (χ1n) is 6.18. The normalized spacial score (nSPS) is 12.0. The molecule has 4 nitrogen and oxygen atoms in total. The van der Waals surface area contributed by atoms with Crippen LogP contribution in [0.5, 0.6) is 11.5 Å². The lowest BCUT2D eigenvalue weighted by atomic mass is 10.1. The van der Waals surface area contributed by atoms with Gasteiger partial charge in [0.2, 0.25) is 0 Å². The smallest absolute Gasteiger partial charge is 0.129 e. The van der Waals surface area contributed by atoms with Gasteiger partial charge in [0.05, 0.1) is 13.2 Å². The Kier molecular flexibility index (Phi) is 4.98. The van der Waals surface area contributed by atoms with E-state index in [0.717, 1.165) is 15.6 Å². The van der Waals surface area contributed by atoms with Gasteiger partial charge in [0.1, 0.15) is 18.1 Å². The van der Waals surface area contributed by atoms with Crippen LogP contribution in [0.2, 0.25) is 0 Å². The molecule has 2 aromatic rings. The van der Waals surface area contributed by atoms with Crippen molar-refractivity contribution in [1.29, 1.82) is 0 Å². The van der Waals surface area contributed by atoms with Crippen LogP contribution < -0.4 is 9.47 Å². The number of methoxy groups -OCH3 is 1. The van der Waals surface area contributed by atoms with Gasteiger partial charge in [-0.3, -0.25) is 4.98 Å². The molecule has 106 valence electrons. The van der Waals surface area contributed by atoms with E-state index in [4.69, 9.17) is 9.47 Å². The molecule has 0 unspecified atom stereocenters. The molecule has 0 aliphatic rings. The summed E-state index contributed by atoms with van der Waals surface area (Å²) in [6.07, 6.45) is 2.86. The Labute approximate surface area is 126 Å². The molecule has 5 heteroatoms. The lowest BCUT2D eigenvalue weighted by Gasteiger charge is -2.14. The number of hydrogen-bond acceptors (Lipinski definition) is 4. The van der Waals surface area contributed by atoms with Crippen LogP contribution in [0.1, 0.15) is 24.2 Å². The van der Waals surface area contributed by atoms with Crippen LogP contribution >= 0.6 is 15.9 Å². The summed E-state index contributed by atoms with van der Waals surface area (Å²) in [6, 6.07) is 7.32. The van der Waals surface area contributed by atoms with Gasteiger partial charge in [0.25, 0.3) is 0 Å². The maximum Gasteiger partial charge on any atom is 0.129 e. The van der Waals surface area contributed by atoms with E-state index >= 15 is 0 Å². The lowest BCUT2D eigenvalue weighted by molar-refractivity contribution is 0.190. The monoisotopic (exact) mass is 337 g/mol. The van der Waals surface area contributed by atoms with Crippen molar-refractivity contribution < 1.29 is 14.6 Å². The lowest BCUT2D eigenvalue weighted by Crippen LogP contribution is -2.02. The van der Waals surface area contributed by atoms with Gasteiger partial charge in [0, 0.05) is 34.1 Å². The van der Waals surface area contributed by atoms with Gasteiger partial charge < -0.3 is 14.6 Å². The highest BCUT2D eigenvalue weighted by Gasteiger charge is 2.11. The van der Waals surface area contributed by atoms with Crippen LogP contribution in [0.3, 0.4) is 0 Å². The molecule has 0 saturated heterocycles. The summed E-state index contributed by atoms with van der Waals surface area (Å²) < 4.78 is 11.9. The van der Waals surface area contributed by atoms with Crippen LogP contribution in [0.4, 0.5) is 0 Å². The molecule has 1 aromatic carbocycles. The summed E-state index contributed by atoms with van der Waals surface area (Å²) in [5.41, 5.74) is 1.67. The maximum absolute atomic E-state index is 9.77. The SMILES string of the molecule is COc1ccc([C@@H](C)O)c(OCc2cncc(Br)c2)c1. The highest BCUT2D eigenvalue weighted by Crippen LogP contribution is 2.30. The fraction of sp³-hybridized carbons (Fsp3) is 0.267. The van der Waals surface area contributed by atoms with Crippen molar-refractivity contribution >= 4 is 15.9 Å². The number of hydrogen-bond donors (Lipinski definition) is 1. The van der Waals surface area contributed by atoms with E-state index in [2.05, 4.69) is 20.9 Å². The number of pyridine rings is 1. The standard InChI is InChI=1S/C15H16BrNO3/c1-10(18)14-4-3-13(19-2)6-15(14)20-9-11-5-12(16)8-17-7-11/h3-8,10,18H,9H2,1-2H3/t10-/m1/s1. The van der Waals surface area contributed by atoms with Crippen molar-refractivity contribution in [2.75, 3.05) is 7.11 Å². The van der Waals surface area contributed by atoms with Gasteiger partial charge in [0.15, 0.2) is 0 Å². The van der Waals surface area contributed by atoms with Crippen molar-refractivity contribution in [2.45, 2.75) is 19.6 Å². The van der Waals surface area contributed by atoms with Gasteiger partial charge in [-0.05, 0) is 41.1 Å². The largest absolute Gasteiger partial charge is 0.497 e. The molecule has 0 saturated carbocycles. The Bertz CT molecular complexity index is 587. The third-order valence-corrected chi connectivity index (χ3v) is 3.26. The second-order valence-corrected chi connectivity index (χ2v) is 5.30. The van der Waals surface area contributed by atoms with Crippen LogP contribution in [0.15, 0.2) is 41.1 Å².